The standard InChI is InChI=1S/C17H29BrN2O/c1-6-20-13(15(18)12(2)19-20)11-17(21)10-8-7-9-14(17)16(3,4)5/h14,21H,6-11H2,1-5H3. The minimum absolute atomic E-state index is 0.133. The molecule has 2 unspecified atom stereocenters. The maximum absolute atomic E-state index is 11.4. The third kappa shape index (κ3) is 3.37. The number of hydrogen-bond donors (Lipinski definition) is 1. The van der Waals surface area contributed by atoms with E-state index in [2.05, 4.69) is 48.7 Å². The predicted octanol–water partition coefficient (Wildman–Crippen LogP) is 4.48. The highest BCUT2D eigenvalue weighted by Crippen LogP contribution is 2.46. The van der Waals surface area contributed by atoms with Gasteiger partial charge in [-0.25, -0.2) is 0 Å². The van der Waals surface area contributed by atoms with Gasteiger partial charge in [0.05, 0.1) is 21.5 Å². The molecule has 0 spiro atoms. The van der Waals surface area contributed by atoms with Crippen LogP contribution in [0.4, 0.5) is 0 Å². The normalized spacial score (nSPS) is 27.1. The second-order valence-electron chi connectivity index (χ2n) is 7.61. The molecule has 1 aliphatic carbocycles. The summed E-state index contributed by atoms with van der Waals surface area (Å²) in [6.07, 6.45) is 5.08. The fraction of sp³-hybridized carbons (Fsp3) is 0.824. The SMILES string of the molecule is CCn1nc(C)c(Br)c1CC1(O)CCCCC1C(C)(C)C. The third-order valence-electron chi connectivity index (χ3n) is 4.97. The Morgan fingerprint density at radius 1 is 1.38 bits per heavy atom. The van der Waals surface area contributed by atoms with Crippen molar-refractivity contribution in [1.29, 1.82) is 0 Å². The van der Waals surface area contributed by atoms with E-state index in [-0.39, 0.29) is 5.41 Å². The van der Waals surface area contributed by atoms with Gasteiger partial charge in [0.1, 0.15) is 0 Å². The first-order chi connectivity index (χ1) is 9.69. The lowest BCUT2D eigenvalue weighted by atomic mass is 9.62. The number of nitrogens with zero attached hydrogens (tertiary/aromatic N) is 2. The summed E-state index contributed by atoms with van der Waals surface area (Å²) in [4.78, 5) is 0. The Bertz CT molecular complexity index is 504. The molecule has 4 heteroatoms. The van der Waals surface area contributed by atoms with Crippen molar-refractivity contribution in [1.82, 2.24) is 9.78 Å². The molecule has 1 aromatic heterocycles. The van der Waals surface area contributed by atoms with Crippen molar-refractivity contribution in [3.8, 4) is 0 Å². The number of halogens is 1. The maximum atomic E-state index is 11.4. The quantitative estimate of drug-likeness (QED) is 0.866. The van der Waals surface area contributed by atoms with Crippen molar-refractivity contribution in [3.63, 3.8) is 0 Å². The highest BCUT2D eigenvalue weighted by atomic mass is 79.9. The van der Waals surface area contributed by atoms with Gasteiger partial charge >= 0.3 is 0 Å². The van der Waals surface area contributed by atoms with Gasteiger partial charge in [-0.05, 0) is 54.0 Å². The summed E-state index contributed by atoms with van der Waals surface area (Å²) in [6, 6.07) is 0. The van der Waals surface area contributed by atoms with Crippen LogP contribution in [0.2, 0.25) is 0 Å². The Balaban J connectivity index is 2.35. The molecule has 2 rings (SSSR count). The van der Waals surface area contributed by atoms with Gasteiger partial charge in [-0.1, -0.05) is 33.6 Å². The summed E-state index contributed by atoms with van der Waals surface area (Å²) in [5, 5.41) is 16.0. The molecule has 1 aromatic rings. The van der Waals surface area contributed by atoms with Crippen molar-refractivity contribution >= 4 is 15.9 Å². The summed E-state index contributed by atoms with van der Waals surface area (Å²) in [7, 11) is 0. The summed E-state index contributed by atoms with van der Waals surface area (Å²) < 4.78 is 3.10. The van der Waals surface area contributed by atoms with Crippen LogP contribution in [-0.2, 0) is 13.0 Å². The molecular weight excluding hydrogens is 328 g/mol. The van der Waals surface area contributed by atoms with Crippen molar-refractivity contribution in [3.05, 3.63) is 15.9 Å². The summed E-state index contributed by atoms with van der Waals surface area (Å²) >= 11 is 3.67. The van der Waals surface area contributed by atoms with Crippen LogP contribution in [0, 0.1) is 18.3 Å². The van der Waals surface area contributed by atoms with Crippen molar-refractivity contribution in [2.24, 2.45) is 11.3 Å². The molecule has 0 radical (unpaired) electrons. The van der Waals surface area contributed by atoms with E-state index in [1.807, 2.05) is 11.6 Å². The van der Waals surface area contributed by atoms with Gasteiger partial charge in [-0.3, -0.25) is 4.68 Å². The van der Waals surface area contributed by atoms with Gasteiger partial charge in [0.2, 0.25) is 0 Å². The first-order valence-corrected chi connectivity index (χ1v) is 8.92. The third-order valence-corrected chi connectivity index (χ3v) is 6.00. The molecular formula is C17H29BrN2O. The average Bonchev–Trinajstić information content (AvgIpc) is 2.65. The van der Waals surface area contributed by atoms with Crippen LogP contribution in [0.15, 0.2) is 4.47 Å². The monoisotopic (exact) mass is 356 g/mol. The lowest BCUT2D eigenvalue weighted by Crippen LogP contribution is -2.48. The molecule has 1 aliphatic rings. The summed E-state index contributed by atoms with van der Waals surface area (Å²) in [5.74, 6) is 0.339. The van der Waals surface area contributed by atoms with Gasteiger partial charge in [-0.15, -0.1) is 0 Å². The van der Waals surface area contributed by atoms with Crippen molar-refractivity contribution < 1.29 is 5.11 Å². The van der Waals surface area contributed by atoms with Crippen LogP contribution in [-0.4, -0.2) is 20.5 Å². The molecule has 0 amide bonds. The molecule has 21 heavy (non-hydrogen) atoms. The molecule has 1 saturated carbocycles. The lowest BCUT2D eigenvalue weighted by molar-refractivity contribution is -0.0900. The maximum Gasteiger partial charge on any atom is 0.0738 e. The van der Waals surface area contributed by atoms with Gasteiger partial charge in [0.15, 0.2) is 0 Å². The molecule has 1 N–H and O–H groups in total. The highest BCUT2D eigenvalue weighted by molar-refractivity contribution is 9.10. The van der Waals surface area contributed by atoms with Crippen LogP contribution < -0.4 is 0 Å². The molecule has 1 heterocycles. The molecule has 0 bridgehead atoms. The molecule has 0 aliphatic heterocycles. The van der Waals surface area contributed by atoms with E-state index in [1.54, 1.807) is 0 Å². The minimum Gasteiger partial charge on any atom is -0.389 e. The van der Waals surface area contributed by atoms with E-state index in [4.69, 9.17) is 0 Å². The van der Waals surface area contributed by atoms with E-state index in [1.165, 1.54) is 6.42 Å². The minimum atomic E-state index is -0.613. The number of aliphatic hydroxyl groups is 1. The Morgan fingerprint density at radius 2 is 2.05 bits per heavy atom. The first-order valence-electron chi connectivity index (χ1n) is 8.13. The van der Waals surface area contributed by atoms with Crippen LogP contribution in [0.25, 0.3) is 0 Å². The number of aryl methyl sites for hydroxylation is 2. The van der Waals surface area contributed by atoms with E-state index in [0.29, 0.717) is 12.3 Å². The summed E-state index contributed by atoms with van der Waals surface area (Å²) in [5.41, 5.74) is 1.68. The Morgan fingerprint density at radius 3 is 2.62 bits per heavy atom. The molecule has 120 valence electrons. The van der Waals surface area contributed by atoms with Gasteiger partial charge in [0, 0.05) is 13.0 Å². The zero-order valence-corrected chi connectivity index (χ0v) is 15.6. The zero-order chi connectivity index (χ0) is 15.8. The second kappa shape index (κ2) is 6.04. The van der Waals surface area contributed by atoms with Crippen LogP contribution in [0.1, 0.15) is 64.8 Å². The average molecular weight is 357 g/mol. The predicted molar refractivity (Wildman–Crippen MR) is 90.4 cm³/mol. The Hall–Kier alpha value is -0.350. The Kier molecular flexibility index (Phi) is 4.89. The van der Waals surface area contributed by atoms with Crippen LogP contribution >= 0.6 is 15.9 Å². The van der Waals surface area contributed by atoms with Crippen LogP contribution in [0.5, 0.6) is 0 Å². The zero-order valence-electron chi connectivity index (χ0n) is 14.0. The fourth-order valence-corrected chi connectivity index (χ4v) is 4.43. The fourth-order valence-electron chi connectivity index (χ4n) is 4.00. The summed E-state index contributed by atoms with van der Waals surface area (Å²) in [6.45, 7) is 11.7. The highest BCUT2D eigenvalue weighted by Gasteiger charge is 2.45. The van der Waals surface area contributed by atoms with E-state index in [9.17, 15) is 5.11 Å². The van der Waals surface area contributed by atoms with E-state index < -0.39 is 5.60 Å². The van der Waals surface area contributed by atoms with Crippen LogP contribution in [0.3, 0.4) is 0 Å². The number of rotatable bonds is 3. The van der Waals surface area contributed by atoms with E-state index in [0.717, 1.165) is 41.7 Å². The van der Waals surface area contributed by atoms with Crippen molar-refractivity contribution in [2.45, 2.75) is 78.9 Å². The Labute approximate surface area is 137 Å². The van der Waals surface area contributed by atoms with Gasteiger partial charge in [0.25, 0.3) is 0 Å². The van der Waals surface area contributed by atoms with Gasteiger partial charge in [-0.2, -0.15) is 5.10 Å². The lowest BCUT2D eigenvalue weighted by Gasteiger charge is -2.47. The molecule has 2 atom stereocenters. The largest absolute Gasteiger partial charge is 0.389 e. The molecule has 0 saturated heterocycles. The number of aromatic nitrogens is 2. The first kappa shape index (κ1) is 17.0. The van der Waals surface area contributed by atoms with Gasteiger partial charge < -0.3 is 5.11 Å². The second-order valence-corrected chi connectivity index (χ2v) is 8.40. The molecule has 0 aromatic carbocycles. The van der Waals surface area contributed by atoms with E-state index >= 15 is 0 Å². The van der Waals surface area contributed by atoms with Crippen molar-refractivity contribution in [2.75, 3.05) is 0 Å². The molecule has 3 nitrogen and oxygen atoms in total. The molecule has 1 fully saturated rings. The smallest absolute Gasteiger partial charge is 0.0738 e. The topological polar surface area (TPSA) is 38.0 Å². The number of hydrogen-bond acceptors (Lipinski definition) is 2.